The van der Waals surface area contributed by atoms with Gasteiger partial charge in [0, 0.05) is 6.08 Å². The summed E-state index contributed by atoms with van der Waals surface area (Å²) in [7, 11) is 0. The maximum Gasteiger partial charge on any atom is 0.325 e. The first-order valence-corrected chi connectivity index (χ1v) is 9.07. The van der Waals surface area contributed by atoms with Crippen LogP contribution in [0.25, 0.3) is 6.08 Å². The predicted molar refractivity (Wildman–Crippen MR) is 103 cm³/mol. The number of nitrogens with one attached hydrogen (secondary N) is 1. The molecular formula is C22H23NO4. The van der Waals surface area contributed by atoms with Gasteiger partial charge in [-0.3, -0.25) is 9.59 Å². The van der Waals surface area contributed by atoms with Crippen molar-refractivity contribution in [3.63, 3.8) is 0 Å². The lowest BCUT2D eigenvalue weighted by Gasteiger charge is -2.07. The first-order chi connectivity index (χ1) is 13.2. The number of hydrogen-bond acceptors (Lipinski definition) is 4. The van der Waals surface area contributed by atoms with E-state index in [1.165, 1.54) is 6.08 Å². The predicted octanol–water partition coefficient (Wildman–Crippen LogP) is 3.35. The van der Waals surface area contributed by atoms with E-state index in [4.69, 9.17) is 9.47 Å². The maximum absolute atomic E-state index is 11.8. The van der Waals surface area contributed by atoms with Crippen molar-refractivity contribution in [1.82, 2.24) is 5.32 Å². The summed E-state index contributed by atoms with van der Waals surface area (Å²) in [6, 6.07) is 17.4. The Morgan fingerprint density at radius 1 is 1.07 bits per heavy atom. The Hall–Kier alpha value is -3.08. The Labute approximate surface area is 159 Å². The van der Waals surface area contributed by atoms with Gasteiger partial charge in [0.15, 0.2) is 0 Å². The van der Waals surface area contributed by atoms with Gasteiger partial charge in [-0.2, -0.15) is 0 Å². The average molecular weight is 365 g/mol. The van der Waals surface area contributed by atoms with E-state index >= 15 is 0 Å². The molecule has 1 amide bonds. The van der Waals surface area contributed by atoms with E-state index in [2.05, 4.69) is 5.32 Å². The molecule has 0 saturated heterocycles. The molecule has 140 valence electrons. The summed E-state index contributed by atoms with van der Waals surface area (Å²) < 4.78 is 10.8. The van der Waals surface area contributed by atoms with Crippen LogP contribution in [0.3, 0.4) is 0 Å². The third-order valence-corrected chi connectivity index (χ3v) is 4.12. The summed E-state index contributed by atoms with van der Waals surface area (Å²) in [4.78, 5) is 23.3. The molecule has 0 unspecified atom stereocenters. The molecule has 1 fully saturated rings. The van der Waals surface area contributed by atoms with Crippen LogP contribution in [0.2, 0.25) is 0 Å². The molecule has 0 spiro atoms. The van der Waals surface area contributed by atoms with Gasteiger partial charge in [0.1, 0.15) is 18.9 Å². The van der Waals surface area contributed by atoms with Crippen LogP contribution in [-0.4, -0.2) is 25.0 Å². The van der Waals surface area contributed by atoms with Crippen molar-refractivity contribution < 1.29 is 19.1 Å². The SMILES string of the molecule is O=C(/C=C/c1cccc(OCc2ccccc2)c1)NCC(=O)OCC1CC1. The van der Waals surface area contributed by atoms with Crippen LogP contribution >= 0.6 is 0 Å². The molecule has 0 heterocycles. The fraction of sp³-hybridized carbons (Fsp3) is 0.273. The van der Waals surface area contributed by atoms with E-state index < -0.39 is 5.97 Å². The van der Waals surface area contributed by atoms with Crippen LogP contribution in [0, 0.1) is 5.92 Å². The first kappa shape index (κ1) is 18.7. The minimum Gasteiger partial charge on any atom is -0.489 e. The zero-order valence-corrected chi connectivity index (χ0v) is 15.1. The quantitative estimate of drug-likeness (QED) is 0.547. The van der Waals surface area contributed by atoms with Gasteiger partial charge in [0.25, 0.3) is 0 Å². The lowest BCUT2D eigenvalue weighted by Crippen LogP contribution is -2.29. The molecule has 1 saturated carbocycles. The smallest absolute Gasteiger partial charge is 0.325 e. The molecule has 27 heavy (non-hydrogen) atoms. The molecule has 0 bridgehead atoms. The van der Waals surface area contributed by atoms with Gasteiger partial charge in [-0.25, -0.2) is 0 Å². The molecule has 1 N–H and O–H groups in total. The van der Waals surface area contributed by atoms with Crippen molar-refractivity contribution >= 4 is 18.0 Å². The number of hydrogen-bond donors (Lipinski definition) is 1. The molecule has 2 aromatic carbocycles. The monoisotopic (exact) mass is 365 g/mol. The number of benzene rings is 2. The van der Waals surface area contributed by atoms with Crippen LogP contribution in [0.5, 0.6) is 5.75 Å². The molecule has 0 radical (unpaired) electrons. The summed E-state index contributed by atoms with van der Waals surface area (Å²) in [5.41, 5.74) is 1.93. The van der Waals surface area contributed by atoms with Gasteiger partial charge in [0.05, 0.1) is 6.61 Å². The van der Waals surface area contributed by atoms with Gasteiger partial charge in [-0.15, -0.1) is 0 Å². The second-order valence-corrected chi connectivity index (χ2v) is 6.52. The molecule has 0 atom stereocenters. The minimum atomic E-state index is -0.403. The van der Waals surface area contributed by atoms with Gasteiger partial charge < -0.3 is 14.8 Å². The van der Waals surface area contributed by atoms with Crippen LogP contribution in [0.15, 0.2) is 60.7 Å². The minimum absolute atomic E-state index is 0.115. The largest absolute Gasteiger partial charge is 0.489 e. The first-order valence-electron chi connectivity index (χ1n) is 9.07. The zero-order chi connectivity index (χ0) is 18.9. The average Bonchev–Trinajstić information content (AvgIpc) is 3.53. The van der Waals surface area contributed by atoms with Crippen molar-refractivity contribution in [2.24, 2.45) is 5.92 Å². The summed E-state index contributed by atoms with van der Waals surface area (Å²) in [5, 5.41) is 2.53. The number of esters is 1. The van der Waals surface area contributed by atoms with E-state index in [0.717, 1.165) is 29.7 Å². The highest BCUT2D eigenvalue weighted by atomic mass is 16.5. The highest BCUT2D eigenvalue weighted by Gasteiger charge is 2.22. The fourth-order valence-corrected chi connectivity index (χ4v) is 2.39. The third kappa shape index (κ3) is 6.98. The van der Waals surface area contributed by atoms with Gasteiger partial charge in [-0.1, -0.05) is 42.5 Å². The standard InChI is InChI=1S/C22H23NO4/c24-21(23-14-22(25)27-16-19-9-10-19)12-11-17-7-4-8-20(13-17)26-15-18-5-2-1-3-6-18/h1-8,11-13,19H,9-10,14-16H2,(H,23,24)/b12-11+. The lowest BCUT2D eigenvalue weighted by atomic mass is 10.2. The number of ether oxygens (including phenoxy) is 2. The topological polar surface area (TPSA) is 64.6 Å². The number of carbonyl (C=O) groups is 2. The lowest BCUT2D eigenvalue weighted by molar-refractivity contribution is -0.144. The van der Waals surface area contributed by atoms with E-state index in [-0.39, 0.29) is 12.5 Å². The summed E-state index contributed by atoms with van der Waals surface area (Å²) in [6.07, 6.45) is 5.32. The van der Waals surface area contributed by atoms with Gasteiger partial charge in [-0.05, 0) is 48.1 Å². The Morgan fingerprint density at radius 2 is 1.89 bits per heavy atom. The second kappa shape index (κ2) is 9.57. The molecular weight excluding hydrogens is 342 g/mol. The highest BCUT2D eigenvalue weighted by Crippen LogP contribution is 2.28. The fourth-order valence-electron chi connectivity index (χ4n) is 2.39. The molecule has 0 aliphatic heterocycles. The Kier molecular flexibility index (Phi) is 6.63. The Morgan fingerprint density at radius 3 is 2.67 bits per heavy atom. The molecule has 1 aliphatic carbocycles. The highest BCUT2D eigenvalue weighted by molar-refractivity contribution is 5.93. The molecule has 1 aliphatic rings. The van der Waals surface area contributed by atoms with Gasteiger partial charge >= 0.3 is 5.97 Å². The second-order valence-electron chi connectivity index (χ2n) is 6.52. The normalized spacial score (nSPS) is 13.3. The van der Waals surface area contributed by atoms with Crippen molar-refractivity contribution in [3.05, 3.63) is 71.8 Å². The van der Waals surface area contributed by atoms with Crippen LogP contribution in [-0.2, 0) is 20.9 Å². The number of amides is 1. The van der Waals surface area contributed by atoms with E-state index in [0.29, 0.717) is 19.1 Å². The summed E-state index contributed by atoms with van der Waals surface area (Å²) in [6.45, 7) is 0.827. The Balaban J connectivity index is 1.43. The van der Waals surface area contributed by atoms with Crippen molar-refractivity contribution in [3.8, 4) is 5.75 Å². The van der Waals surface area contributed by atoms with Crippen molar-refractivity contribution in [2.45, 2.75) is 19.4 Å². The molecule has 5 nitrogen and oxygen atoms in total. The number of carbonyl (C=O) groups excluding carboxylic acids is 2. The van der Waals surface area contributed by atoms with Gasteiger partial charge in [0.2, 0.25) is 5.91 Å². The molecule has 5 heteroatoms. The van der Waals surface area contributed by atoms with Crippen molar-refractivity contribution in [2.75, 3.05) is 13.2 Å². The third-order valence-electron chi connectivity index (χ3n) is 4.12. The van der Waals surface area contributed by atoms with Crippen molar-refractivity contribution in [1.29, 1.82) is 0 Å². The zero-order valence-electron chi connectivity index (χ0n) is 15.1. The summed E-state index contributed by atoms with van der Waals surface area (Å²) in [5.74, 6) is 0.500. The van der Waals surface area contributed by atoms with Crippen LogP contribution < -0.4 is 10.1 Å². The summed E-state index contributed by atoms with van der Waals surface area (Å²) >= 11 is 0. The maximum atomic E-state index is 11.8. The van der Waals surface area contributed by atoms with E-state index in [1.54, 1.807) is 6.08 Å². The molecule has 2 aromatic rings. The number of rotatable bonds is 9. The van der Waals surface area contributed by atoms with Crippen LogP contribution in [0.1, 0.15) is 24.0 Å². The van der Waals surface area contributed by atoms with Crippen LogP contribution in [0.4, 0.5) is 0 Å². The van der Waals surface area contributed by atoms with E-state index in [1.807, 2.05) is 54.6 Å². The molecule has 0 aromatic heterocycles. The van der Waals surface area contributed by atoms with E-state index in [9.17, 15) is 9.59 Å². The molecule has 3 rings (SSSR count). The Bertz CT molecular complexity index is 797.